The van der Waals surface area contributed by atoms with E-state index in [-0.39, 0.29) is 37.3 Å². The Morgan fingerprint density at radius 3 is 1.39 bits per heavy atom. The van der Waals surface area contributed by atoms with Crippen LogP contribution in [0.3, 0.4) is 0 Å². The van der Waals surface area contributed by atoms with E-state index in [2.05, 4.69) is 15.0 Å². The molecule has 181 valence electrons. The number of carboxylic acid groups (broad SMARTS) is 1. The van der Waals surface area contributed by atoms with Crippen LogP contribution in [0.1, 0.15) is 10.5 Å². The number of aromatic nitrogens is 3. The Kier molecular flexibility index (Phi) is 9.00. The van der Waals surface area contributed by atoms with Crippen LogP contribution in [-0.4, -0.2) is 36.2 Å². The van der Waals surface area contributed by atoms with Gasteiger partial charge in [-0.15, -0.1) is 0 Å². The van der Waals surface area contributed by atoms with E-state index >= 15 is 0 Å². The van der Waals surface area contributed by atoms with Gasteiger partial charge in [0.15, 0.2) is 0 Å². The van der Waals surface area contributed by atoms with Crippen molar-refractivity contribution >= 4 is 5.97 Å². The Bertz CT molecular complexity index is 1380. The summed E-state index contributed by atoms with van der Waals surface area (Å²) < 4.78 is 0. The number of nitrogens with zero attached hydrogens (tertiary/aromatic N) is 3. The molecule has 7 nitrogen and oxygen atoms in total. The second kappa shape index (κ2) is 12.4. The van der Waals surface area contributed by atoms with Crippen molar-refractivity contribution in [2.75, 3.05) is 0 Å². The second-order valence-corrected chi connectivity index (χ2v) is 7.37. The zero-order chi connectivity index (χ0) is 24.6. The van der Waals surface area contributed by atoms with Gasteiger partial charge in [0.25, 0.3) is 0 Å². The maximum Gasteiger partial charge on any atom is 0.354 e. The number of phenolic OH excluding ortho intramolecular Hbond substituents is 2. The zero-order valence-corrected chi connectivity index (χ0v) is 21.2. The Morgan fingerprint density at radius 2 is 1.00 bits per heavy atom. The van der Waals surface area contributed by atoms with Crippen molar-refractivity contribution in [1.82, 2.24) is 15.0 Å². The first kappa shape index (κ1) is 26.2. The Labute approximate surface area is 221 Å². The molecule has 3 heterocycles. The average Bonchev–Trinajstić information content (AvgIpc) is 2.90. The Balaban J connectivity index is 0.000000307. The number of hydrogen-bond donors (Lipinski definition) is 3. The molecule has 0 aliphatic carbocycles. The van der Waals surface area contributed by atoms with Gasteiger partial charge in [0.2, 0.25) is 0 Å². The summed E-state index contributed by atoms with van der Waals surface area (Å²) in [6.45, 7) is 0. The minimum Gasteiger partial charge on any atom is -0.507 e. The van der Waals surface area contributed by atoms with Crippen LogP contribution in [-0.2, 0) is 20.1 Å². The van der Waals surface area contributed by atoms with Gasteiger partial charge in [-0.25, -0.2) is 19.7 Å². The molecule has 0 atom stereocenters. The summed E-state index contributed by atoms with van der Waals surface area (Å²) in [7, 11) is 0. The molecular weight excluding hydrogens is 635 g/mol. The molecule has 0 fully saturated rings. The van der Waals surface area contributed by atoms with E-state index in [1.165, 1.54) is 12.3 Å². The number of benzene rings is 2. The van der Waals surface area contributed by atoms with E-state index in [9.17, 15) is 15.0 Å². The summed E-state index contributed by atoms with van der Waals surface area (Å²) in [6, 6.07) is 30.2. The SMILES string of the molecule is O=C(O)c1ccccn1.Oc1ccccc1-c1cccc(-c2cccc(-c3ccccc3O)n2)n1.[Ir]. The molecule has 5 rings (SSSR count). The summed E-state index contributed by atoms with van der Waals surface area (Å²) in [6.07, 6.45) is 1.45. The van der Waals surface area contributed by atoms with Crippen molar-refractivity contribution < 1.29 is 40.2 Å². The number of pyridine rings is 3. The Morgan fingerprint density at radius 1 is 0.556 bits per heavy atom. The van der Waals surface area contributed by atoms with Crippen molar-refractivity contribution in [3.63, 3.8) is 0 Å². The summed E-state index contributed by atoms with van der Waals surface area (Å²) in [5.41, 5.74) is 4.17. The molecule has 0 spiro atoms. The van der Waals surface area contributed by atoms with Gasteiger partial charge in [0, 0.05) is 37.4 Å². The standard InChI is InChI=1S/C22H16N2O2.C6H5NO2.Ir/c25-21-13-3-1-7-15(21)17-9-5-11-19(23-17)20-12-6-10-18(24-20)16-8-2-4-14-22(16)26;8-6(9)5-3-1-2-4-7-5;/h1-14,25-26H;1-4H,(H,8,9);. The number of phenols is 2. The number of aromatic hydroxyl groups is 2. The molecule has 0 unspecified atom stereocenters. The second-order valence-electron chi connectivity index (χ2n) is 7.37. The van der Waals surface area contributed by atoms with Crippen LogP contribution in [0.25, 0.3) is 33.9 Å². The number of carboxylic acids is 1. The fourth-order valence-electron chi connectivity index (χ4n) is 3.32. The number of para-hydroxylation sites is 2. The molecule has 36 heavy (non-hydrogen) atoms. The molecular formula is C28H21IrN3O4. The van der Waals surface area contributed by atoms with Gasteiger partial charge in [-0.3, -0.25) is 0 Å². The average molecular weight is 656 g/mol. The molecule has 8 heteroatoms. The molecule has 0 amide bonds. The van der Waals surface area contributed by atoms with Crippen molar-refractivity contribution in [2.24, 2.45) is 0 Å². The quantitative estimate of drug-likeness (QED) is 0.229. The van der Waals surface area contributed by atoms with Gasteiger partial charge >= 0.3 is 5.97 Å². The minimum absolute atomic E-state index is 0. The molecule has 2 aromatic carbocycles. The van der Waals surface area contributed by atoms with Gasteiger partial charge < -0.3 is 15.3 Å². The van der Waals surface area contributed by atoms with Crippen molar-refractivity contribution in [1.29, 1.82) is 0 Å². The maximum atomic E-state index is 10.1. The first-order chi connectivity index (χ1) is 17.0. The normalized spacial score (nSPS) is 9.89. The summed E-state index contributed by atoms with van der Waals surface area (Å²) >= 11 is 0. The topological polar surface area (TPSA) is 116 Å². The van der Waals surface area contributed by atoms with Crippen molar-refractivity contribution in [3.8, 4) is 45.4 Å². The van der Waals surface area contributed by atoms with E-state index in [0.717, 1.165) is 0 Å². The first-order valence-electron chi connectivity index (χ1n) is 10.7. The summed E-state index contributed by atoms with van der Waals surface area (Å²) in [5, 5.41) is 28.5. The molecule has 3 aromatic heterocycles. The van der Waals surface area contributed by atoms with E-state index in [0.29, 0.717) is 33.9 Å². The van der Waals surface area contributed by atoms with Gasteiger partial charge in [-0.2, -0.15) is 0 Å². The number of carbonyl (C=O) groups is 1. The summed E-state index contributed by atoms with van der Waals surface area (Å²) in [4.78, 5) is 23.0. The molecule has 3 N–H and O–H groups in total. The minimum atomic E-state index is -0.990. The van der Waals surface area contributed by atoms with Crippen LogP contribution in [0.5, 0.6) is 11.5 Å². The molecule has 0 aliphatic heterocycles. The smallest absolute Gasteiger partial charge is 0.354 e. The fourth-order valence-corrected chi connectivity index (χ4v) is 3.32. The zero-order valence-electron chi connectivity index (χ0n) is 18.8. The van der Waals surface area contributed by atoms with Gasteiger partial charge in [0.05, 0.1) is 22.8 Å². The predicted molar refractivity (Wildman–Crippen MR) is 133 cm³/mol. The van der Waals surface area contributed by atoms with Crippen LogP contribution in [0.15, 0.2) is 109 Å². The third kappa shape index (κ3) is 6.38. The third-order valence-corrected chi connectivity index (χ3v) is 5.00. The van der Waals surface area contributed by atoms with Crippen molar-refractivity contribution in [3.05, 3.63) is 115 Å². The Hall–Kier alpha value is -4.39. The number of aromatic carboxylic acids is 1. The van der Waals surface area contributed by atoms with E-state index in [4.69, 9.17) is 5.11 Å². The first-order valence-corrected chi connectivity index (χ1v) is 10.7. The van der Waals surface area contributed by atoms with E-state index < -0.39 is 5.97 Å². The molecule has 0 saturated carbocycles. The monoisotopic (exact) mass is 656 g/mol. The molecule has 0 aliphatic rings. The van der Waals surface area contributed by atoms with Gasteiger partial charge in [-0.05, 0) is 60.7 Å². The largest absolute Gasteiger partial charge is 0.507 e. The third-order valence-electron chi connectivity index (χ3n) is 5.00. The van der Waals surface area contributed by atoms with E-state index in [1.54, 1.807) is 36.4 Å². The molecule has 5 aromatic rings. The fraction of sp³-hybridized carbons (Fsp3) is 0. The van der Waals surface area contributed by atoms with Crippen LogP contribution in [0, 0.1) is 0 Å². The van der Waals surface area contributed by atoms with Gasteiger partial charge in [0.1, 0.15) is 17.2 Å². The van der Waals surface area contributed by atoms with Crippen LogP contribution < -0.4 is 0 Å². The van der Waals surface area contributed by atoms with Crippen LogP contribution in [0.4, 0.5) is 0 Å². The van der Waals surface area contributed by atoms with Gasteiger partial charge in [-0.1, -0.05) is 42.5 Å². The molecule has 1 radical (unpaired) electrons. The predicted octanol–water partition coefficient (Wildman–Crippen LogP) is 5.67. The number of hydrogen-bond acceptors (Lipinski definition) is 6. The number of rotatable bonds is 4. The molecule has 0 bridgehead atoms. The van der Waals surface area contributed by atoms with Crippen LogP contribution >= 0.6 is 0 Å². The maximum absolute atomic E-state index is 10.1. The van der Waals surface area contributed by atoms with E-state index in [1.807, 2.05) is 60.7 Å². The molecule has 0 saturated heterocycles. The summed E-state index contributed by atoms with van der Waals surface area (Å²) in [5.74, 6) is -0.614. The van der Waals surface area contributed by atoms with Crippen LogP contribution in [0.2, 0.25) is 0 Å². The van der Waals surface area contributed by atoms with Crippen molar-refractivity contribution in [2.45, 2.75) is 0 Å².